The molecule has 0 fully saturated rings. The van der Waals surface area contributed by atoms with Crippen LogP contribution in [0.3, 0.4) is 0 Å². The SMILES string of the molecule is CC(C)OC(=O)Nc1ccc(I)cn1. The predicted molar refractivity (Wildman–Crippen MR) is 62.2 cm³/mol. The molecule has 0 atom stereocenters. The van der Waals surface area contributed by atoms with Gasteiger partial charge in [-0.25, -0.2) is 9.78 Å². The number of halogens is 1. The summed E-state index contributed by atoms with van der Waals surface area (Å²) in [6, 6.07) is 3.59. The molecule has 14 heavy (non-hydrogen) atoms. The topological polar surface area (TPSA) is 51.2 Å². The number of hydrogen-bond acceptors (Lipinski definition) is 3. The van der Waals surface area contributed by atoms with Crippen LogP contribution in [0.1, 0.15) is 13.8 Å². The van der Waals surface area contributed by atoms with E-state index in [9.17, 15) is 4.79 Å². The predicted octanol–water partition coefficient (Wildman–Crippen LogP) is 2.64. The fourth-order valence-corrected chi connectivity index (χ4v) is 1.12. The molecular weight excluding hydrogens is 295 g/mol. The van der Waals surface area contributed by atoms with Crippen molar-refractivity contribution in [3.05, 3.63) is 21.9 Å². The molecule has 0 aliphatic carbocycles. The van der Waals surface area contributed by atoms with Crippen LogP contribution < -0.4 is 5.32 Å². The Morgan fingerprint density at radius 1 is 1.57 bits per heavy atom. The first kappa shape index (κ1) is 11.2. The Bertz CT molecular complexity index is 311. The molecular formula is C9H11IN2O2. The van der Waals surface area contributed by atoms with Crippen molar-refractivity contribution in [1.82, 2.24) is 4.98 Å². The Kier molecular flexibility index (Phi) is 4.12. The van der Waals surface area contributed by atoms with Gasteiger partial charge in [0.15, 0.2) is 0 Å². The lowest BCUT2D eigenvalue weighted by molar-refractivity contribution is 0.130. The third kappa shape index (κ3) is 3.91. The number of nitrogens with one attached hydrogen (secondary N) is 1. The van der Waals surface area contributed by atoms with Crippen molar-refractivity contribution >= 4 is 34.5 Å². The van der Waals surface area contributed by atoms with Crippen molar-refractivity contribution in [1.29, 1.82) is 0 Å². The van der Waals surface area contributed by atoms with Gasteiger partial charge in [0.25, 0.3) is 0 Å². The molecule has 0 radical (unpaired) electrons. The molecule has 1 heterocycles. The van der Waals surface area contributed by atoms with Gasteiger partial charge in [0.05, 0.1) is 6.10 Å². The Balaban J connectivity index is 2.52. The van der Waals surface area contributed by atoms with Gasteiger partial charge in [0, 0.05) is 9.77 Å². The van der Waals surface area contributed by atoms with Crippen molar-refractivity contribution in [2.45, 2.75) is 20.0 Å². The summed E-state index contributed by atoms with van der Waals surface area (Å²) < 4.78 is 5.91. The minimum absolute atomic E-state index is 0.126. The molecule has 1 aromatic rings. The summed E-state index contributed by atoms with van der Waals surface area (Å²) in [5, 5.41) is 2.52. The molecule has 76 valence electrons. The number of carbonyl (C=O) groups is 1. The van der Waals surface area contributed by atoms with E-state index >= 15 is 0 Å². The van der Waals surface area contributed by atoms with E-state index in [1.807, 2.05) is 6.07 Å². The molecule has 0 aliphatic rings. The van der Waals surface area contributed by atoms with Crippen LogP contribution in [0, 0.1) is 3.57 Å². The number of anilines is 1. The molecule has 0 bridgehead atoms. The van der Waals surface area contributed by atoms with E-state index in [1.165, 1.54) is 0 Å². The van der Waals surface area contributed by atoms with Crippen LogP contribution >= 0.6 is 22.6 Å². The molecule has 1 amide bonds. The van der Waals surface area contributed by atoms with E-state index in [0.29, 0.717) is 5.82 Å². The zero-order valence-electron chi connectivity index (χ0n) is 7.95. The van der Waals surface area contributed by atoms with Crippen molar-refractivity contribution in [3.63, 3.8) is 0 Å². The van der Waals surface area contributed by atoms with Crippen LogP contribution in [0.25, 0.3) is 0 Å². The maximum Gasteiger partial charge on any atom is 0.413 e. The largest absolute Gasteiger partial charge is 0.447 e. The Labute approximate surface area is 96.2 Å². The second-order valence-electron chi connectivity index (χ2n) is 2.94. The van der Waals surface area contributed by atoms with Gasteiger partial charge in [0.1, 0.15) is 5.82 Å². The van der Waals surface area contributed by atoms with Crippen LogP contribution in [0.5, 0.6) is 0 Å². The summed E-state index contributed by atoms with van der Waals surface area (Å²) in [6.07, 6.45) is 1.07. The Morgan fingerprint density at radius 3 is 2.79 bits per heavy atom. The molecule has 0 saturated heterocycles. The Hall–Kier alpha value is -0.850. The summed E-state index contributed by atoms with van der Waals surface area (Å²) in [5.74, 6) is 0.496. The van der Waals surface area contributed by atoms with Gasteiger partial charge < -0.3 is 4.74 Å². The monoisotopic (exact) mass is 306 g/mol. The van der Waals surface area contributed by atoms with Crippen LogP contribution in [-0.2, 0) is 4.74 Å². The molecule has 1 aromatic heterocycles. The van der Waals surface area contributed by atoms with Crippen LogP contribution in [0.4, 0.5) is 10.6 Å². The number of rotatable bonds is 2. The van der Waals surface area contributed by atoms with Crippen molar-refractivity contribution in [2.24, 2.45) is 0 Å². The van der Waals surface area contributed by atoms with E-state index in [4.69, 9.17) is 4.74 Å². The number of pyridine rings is 1. The standard InChI is InChI=1S/C9H11IN2O2/c1-6(2)14-9(13)12-8-4-3-7(10)5-11-8/h3-6H,1-2H3,(H,11,12,13). The second-order valence-corrected chi connectivity index (χ2v) is 4.19. The van der Waals surface area contributed by atoms with E-state index in [2.05, 4.69) is 32.9 Å². The maximum absolute atomic E-state index is 11.1. The summed E-state index contributed by atoms with van der Waals surface area (Å²) in [6.45, 7) is 3.59. The lowest BCUT2D eigenvalue weighted by Crippen LogP contribution is -2.18. The maximum atomic E-state index is 11.1. The van der Waals surface area contributed by atoms with Gasteiger partial charge in [-0.3, -0.25) is 5.32 Å². The van der Waals surface area contributed by atoms with Crippen LogP contribution in [0.2, 0.25) is 0 Å². The van der Waals surface area contributed by atoms with E-state index in [-0.39, 0.29) is 6.10 Å². The van der Waals surface area contributed by atoms with Gasteiger partial charge in [-0.2, -0.15) is 0 Å². The number of hydrogen-bond donors (Lipinski definition) is 1. The fourth-order valence-electron chi connectivity index (χ4n) is 0.798. The molecule has 0 unspecified atom stereocenters. The molecule has 0 aliphatic heterocycles. The zero-order chi connectivity index (χ0) is 10.6. The first-order valence-electron chi connectivity index (χ1n) is 4.17. The zero-order valence-corrected chi connectivity index (χ0v) is 10.1. The minimum atomic E-state index is -0.478. The van der Waals surface area contributed by atoms with Gasteiger partial charge in [-0.1, -0.05) is 0 Å². The van der Waals surface area contributed by atoms with Crippen molar-refractivity contribution < 1.29 is 9.53 Å². The first-order chi connectivity index (χ1) is 6.58. The smallest absolute Gasteiger partial charge is 0.413 e. The van der Waals surface area contributed by atoms with Crippen molar-refractivity contribution in [3.8, 4) is 0 Å². The van der Waals surface area contributed by atoms with Gasteiger partial charge in [-0.15, -0.1) is 0 Å². The highest BCUT2D eigenvalue weighted by molar-refractivity contribution is 14.1. The summed E-state index contributed by atoms with van der Waals surface area (Å²) >= 11 is 2.14. The second kappa shape index (κ2) is 5.14. The number of aromatic nitrogens is 1. The van der Waals surface area contributed by atoms with Gasteiger partial charge in [-0.05, 0) is 48.6 Å². The lowest BCUT2D eigenvalue weighted by atomic mass is 10.5. The molecule has 1 rings (SSSR count). The summed E-state index contributed by atoms with van der Waals surface area (Å²) in [4.78, 5) is 15.1. The van der Waals surface area contributed by atoms with E-state index < -0.39 is 6.09 Å². The minimum Gasteiger partial charge on any atom is -0.447 e. The Morgan fingerprint density at radius 2 is 2.29 bits per heavy atom. The van der Waals surface area contributed by atoms with E-state index in [0.717, 1.165) is 3.57 Å². The van der Waals surface area contributed by atoms with Gasteiger partial charge >= 0.3 is 6.09 Å². The normalized spacial score (nSPS) is 10.0. The molecule has 1 N–H and O–H groups in total. The highest BCUT2D eigenvalue weighted by atomic mass is 127. The third-order valence-corrected chi connectivity index (χ3v) is 1.94. The van der Waals surface area contributed by atoms with E-state index in [1.54, 1.807) is 26.1 Å². The first-order valence-corrected chi connectivity index (χ1v) is 5.25. The summed E-state index contributed by atoms with van der Waals surface area (Å²) in [5.41, 5.74) is 0. The number of nitrogens with zero attached hydrogens (tertiary/aromatic N) is 1. The molecule has 4 nitrogen and oxygen atoms in total. The number of amides is 1. The van der Waals surface area contributed by atoms with Crippen molar-refractivity contribution in [2.75, 3.05) is 5.32 Å². The highest BCUT2D eigenvalue weighted by Gasteiger charge is 2.05. The van der Waals surface area contributed by atoms with Crippen LogP contribution in [-0.4, -0.2) is 17.2 Å². The third-order valence-electron chi connectivity index (χ3n) is 1.30. The average Bonchev–Trinajstić information content (AvgIpc) is 2.07. The van der Waals surface area contributed by atoms with Crippen LogP contribution in [0.15, 0.2) is 18.3 Å². The fraction of sp³-hybridized carbons (Fsp3) is 0.333. The quantitative estimate of drug-likeness (QED) is 0.855. The number of carbonyl (C=O) groups excluding carboxylic acids is 1. The molecule has 0 aromatic carbocycles. The molecule has 0 spiro atoms. The highest BCUT2D eigenvalue weighted by Crippen LogP contribution is 2.07. The lowest BCUT2D eigenvalue weighted by Gasteiger charge is -2.08. The average molecular weight is 306 g/mol. The molecule has 0 saturated carbocycles. The number of ether oxygens (including phenoxy) is 1. The molecule has 5 heteroatoms. The van der Waals surface area contributed by atoms with Gasteiger partial charge in [0.2, 0.25) is 0 Å². The summed E-state index contributed by atoms with van der Waals surface area (Å²) in [7, 11) is 0.